The Morgan fingerprint density at radius 2 is 1.60 bits per heavy atom. The highest BCUT2D eigenvalue weighted by molar-refractivity contribution is 5.73. The van der Waals surface area contributed by atoms with Crippen LogP contribution in [-0.4, -0.2) is 9.97 Å². The fourth-order valence-corrected chi connectivity index (χ4v) is 3.12. The Kier molecular flexibility index (Phi) is 2.73. The number of aryl methyl sites for hydroxylation is 1. The van der Waals surface area contributed by atoms with Gasteiger partial charge < -0.3 is 0 Å². The maximum absolute atomic E-state index is 4.81. The molecule has 0 saturated carbocycles. The minimum atomic E-state index is 0.502. The van der Waals surface area contributed by atoms with Gasteiger partial charge in [0.15, 0.2) is 0 Å². The van der Waals surface area contributed by atoms with Gasteiger partial charge >= 0.3 is 0 Å². The number of hydrogen-bond donors (Lipinski definition) is 0. The van der Waals surface area contributed by atoms with E-state index >= 15 is 0 Å². The van der Waals surface area contributed by atoms with Gasteiger partial charge in [-0.15, -0.1) is 0 Å². The van der Waals surface area contributed by atoms with Crippen LogP contribution in [-0.2, 0) is 12.8 Å². The van der Waals surface area contributed by atoms with Crippen molar-refractivity contribution in [3.05, 3.63) is 71.5 Å². The zero-order valence-electron chi connectivity index (χ0n) is 11.3. The molecule has 98 valence electrons. The topological polar surface area (TPSA) is 25.8 Å². The highest BCUT2D eigenvalue weighted by Crippen LogP contribution is 2.31. The van der Waals surface area contributed by atoms with Gasteiger partial charge in [0.2, 0.25) is 0 Å². The van der Waals surface area contributed by atoms with Crippen molar-refractivity contribution < 1.29 is 0 Å². The smallest absolute Gasteiger partial charge is 0.0890 e. The van der Waals surface area contributed by atoms with Gasteiger partial charge in [-0.05, 0) is 42.5 Å². The molecule has 2 nitrogen and oxygen atoms in total. The Labute approximate surface area is 118 Å². The molecule has 4 rings (SSSR count). The van der Waals surface area contributed by atoms with Gasteiger partial charge in [0.05, 0.1) is 16.7 Å². The molecule has 0 spiro atoms. The van der Waals surface area contributed by atoms with Crippen LogP contribution in [0.2, 0.25) is 0 Å². The average Bonchev–Trinajstić information content (AvgIpc) is 2.54. The molecule has 0 aliphatic heterocycles. The quantitative estimate of drug-likeness (QED) is 0.663. The highest BCUT2D eigenvalue weighted by atomic mass is 14.8. The number of para-hydroxylation sites is 2. The van der Waals surface area contributed by atoms with Crippen molar-refractivity contribution in [2.75, 3.05) is 0 Å². The molecule has 0 fully saturated rings. The third kappa shape index (κ3) is 1.97. The van der Waals surface area contributed by atoms with Crippen LogP contribution in [0.1, 0.15) is 29.2 Å². The zero-order chi connectivity index (χ0) is 13.4. The third-order valence-electron chi connectivity index (χ3n) is 4.23. The van der Waals surface area contributed by atoms with E-state index in [2.05, 4.69) is 29.2 Å². The summed E-state index contributed by atoms with van der Waals surface area (Å²) in [4.78, 5) is 9.36. The largest absolute Gasteiger partial charge is 0.253 e. The molecule has 2 heteroatoms. The molecular formula is C18H16N2. The summed E-state index contributed by atoms with van der Waals surface area (Å²) in [5.74, 6) is 0.502. The third-order valence-corrected chi connectivity index (χ3v) is 4.23. The summed E-state index contributed by atoms with van der Waals surface area (Å²) < 4.78 is 0. The number of fused-ring (bicyclic) bond motifs is 2. The van der Waals surface area contributed by atoms with Gasteiger partial charge in [0.25, 0.3) is 0 Å². The maximum Gasteiger partial charge on any atom is 0.0890 e. The van der Waals surface area contributed by atoms with E-state index in [-0.39, 0.29) is 0 Å². The van der Waals surface area contributed by atoms with Gasteiger partial charge in [-0.3, -0.25) is 4.98 Å². The molecule has 0 saturated heterocycles. The maximum atomic E-state index is 4.81. The van der Waals surface area contributed by atoms with E-state index < -0.39 is 0 Å². The van der Waals surface area contributed by atoms with E-state index in [4.69, 9.17) is 4.98 Å². The fraction of sp³-hybridized carbons (Fsp3) is 0.222. The molecule has 0 N–H and O–H groups in total. The van der Waals surface area contributed by atoms with Gasteiger partial charge in [0.1, 0.15) is 0 Å². The van der Waals surface area contributed by atoms with E-state index in [0.29, 0.717) is 5.92 Å². The highest BCUT2D eigenvalue weighted by Gasteiger charge is 2.21. The lowest BCUT2D eigenvalue weighted by molar-refractivity contribution is 0.571. The normalized spacial score (nSPS) is 17.9. The second-order valence-corrected chi connectivity index (χ2v) is 5.49. The van der Waals surface area contributed by atoms with Crippen LogP contribution in [0.25, 0.3) is 11.0 Å². The standard InChI is InChI=1S/C18H16N2/c1-2-6-14-11-15(10-9-13(14)5-1)18-12-19-16-7-3-4-8-17(16)20-18/h1-8,12,15H,9-11H2. The molecule has 0 amide bonds. The van der Waals surface area contributed by atoms with Crippen LogP contribution in [0.3, 0.4) is 0 Å². The van der Waals surface area contributed by atoms with E-state index in [9.17, 15) is 0 Å². The van der Waals surface area contributed by atoms with Crippen LogP contribution in [0, 0.1) is 0 Å². The lowest BCUT2D eigenvalue weighted by atomic mass is 9.82. The average molecular weight is 260 g/mol. The molecule has 2 aromatic carbocycles. The number of hydrogen-bond acceptors (Lipinski definition) is 2. The lowest BCUT2D eigenvalue weighted by Gasteiger charge is -2.24. The summed E-state index contributed by atoms with van der Waals surface area (Å²) >= 11 is 0. The van der Waals surface area contributed by atoms with E-state index in [1.54, 1.807) is 0 Å². The van der Waals surface area contributed by atoms with Crippen LogP contribution < -0.4 is 0 Å². The Bertz CT molecular complexity index is 764. The Morgan fingerprint density at radius 3 is 2.50 bits per heavy atom. The van der Waals surface area contributed by atoms with E-state index in [0.717, 1.165) is 29.6 Å². The summed E-state index contributed by atoms with van der Waals surface area (Å²) in [5, 5.41) is 0. The molecule has 1 unspecified atom stereocenters. The molecule has 0 bridgehead atoms. The van der Waals surface area contributed by atoms with Crippen molar-refractivity contribution in [1.29, 1.82) is 0 Å². The molecule has 1 aliphatic rings. The first kappa shape index (κ1) is 11.6. The molecule has 1 aromatic heterocycles. The predicted molar refractivity (Wildman–Crippen MR) is 80.7 cm³/mol. The molecule has 3 aromatic rings. The Hall–Kier alpha value is -2.22. The molecule has 1 aliphatic carbocycles. The number of nitrogens with zero attached hydrogens (tertiary/aromatic N) is 2. The van der Waals surface area contributed by atoms with Crippen molar-refractivity contribution in [3.8, 4) is 0 Å². The van der Waals surface area contributed by atoms with Crippen LogP contribution in [0.15, 0.2) is 54.7 Å². The van der Waals surface area contributed by atoms with Crippen molar-refractivity contribution >= 4 is 11.0 Å². The Balaban J connectivity index is 1.70. The predicted octanol–water partition coefficient (Wildman–Crippen LogP) is 3.90. The first-order chi connectivity index (χ1) is 9.90. The zero-order valence-corrected chi connectivity index (χ0v) is 11.3. The molecular weight excluding hydrogens is 244 g/mol. The van der Waals surface area contributed by atoms with Crippen molar-refractivity contribution in [1.82, 2.24) is 9.97 Å². The van der Waals surface area contributed by atoms with Crippen molar-refractivity contribution in [2.24, 2.45) is 0 Å². The van der Waals surface area contributed by atoms with Gasteiger partial charge in [0, 0.05) is 12.1 Å². The fourth-order valence-electron chi connectivity index (χ4n) is 3.12. The number of aromatic nitrogens is 2. The summed E-state index contributed by atoms with van der Waals surface area (Å²) in [5.41, 5.74) is 6.09. The lowest BCUT2D eigenvalue weighted by Crippen LogP contribution is -2.14. The molecule has 1 heterocycles. The second kappa shape index (κ2) is 4.71. The number of rotatable bonds is 1. The minimum Gasteiger partial charge on any atom is -0.253 e. The Morgan fingerprint density at radius 1 is 0.850 bits per heavy atom. The monoisotopic (exact) mass is 260 g/mol. The first-order valence-corrected chi connectivity index (χ1v) is 7.18. The van der Waals surface area contributed by atoms with Gasteiger partial charge in [-0.25, -0.2) is 4.98 Å². The summed E-state index contributed by atoms with van der Waals surface area (Å²) in [6.45, 7) is 0. The second-order valence-electron chi connectivity index (χ2n) is 5.49. The van der Waals surface area contributed by atoms with Crippen LogP contribution in [0.4, 0.5) is 0 Å². The minimum absolute atomic E-state index is 0.502. The van der Waals surface area contributed by atoms with Crippen molar-refractivity contribution in [3.63, 3.8) is 0 Å². The summed E-state index contributed by atoms with van der Waals surface area (Å²) in [6, 6.07) is 16.9. The summed E-state index contributed by atoms with van der Waals surface area (Å²) in [7, 11) is 0. The molecule has 20 heavy (non-hydrogen) atoms. The van der Waals surface area contributed by atoms with Crippen molar-refractivity contribution in [2.45, 2.75) is 25.2 Å². The first-order valence-electron chi connectivity index (χ1n) is 7.18. The molecule has 1 atom stereocenters. The van der Waals surface area contributed by atoms with Crippen LogP contribution >= 0.6 is 0 Å². The number of benzene rings is 2. The van der Waals surface area contributed by atoms with Gasteiger partial charge in [-0.2, -0.15) is 0 Å². The van der Waals surface area contributed by atoms with Crippen LogP contribution in [0.5, 0.6) is 0 Å². The van der Waals surface area contributed by atoms with E-state index in [1.807, 2.05) is 30.5 Å². The molecule has 0 radical (unpaired) electrons. The summed E-state index contributed by atoms with van der Waals surface area (Å²) in [6.07, 6.45) is 5.36. The SMILES string of the molecule is c1ccc2c(c1)CCC(c1cnc3ccccc3n1)C2. The van der Waals surface area contributed by atoms with Gasteiger partial charge in [-0.1, -0.05) is 36.4 Å². The van der Waals surface area contributed by atoms with E-state index in [1.165, 1.54) is 17.5 Å².